The fourth-order valence-corrected chi connectivity index (χ4v) is 2.45. The third kappa shape index (κ3) is 1.52. The molecule has 0 radical (unpaired) electrons. The van der Waals surface area contributed by atoms with Crippen molar-refractivity contribution in [3.8, 4) is 0 Å². The summed E-state index contributed by atoms with van der Waals surface area (Å²) in [5, 5.41) is 1.02. The zero-order valence-electron chi connectivity index (χ0n) is 11.6. The van der Waals surface area contributed by atoms with Gasteiger partial charge in [-0.3, -0.25) is 0 Å². The number of hydrogen-bond donors (Lipinski definition) is 0. The molecule has 1 aromatic heterocycles. The molecule has 0 fully saturated rings. The summed E-state index contributed by atoms with van der Waals surface area (Å²) >= 11 is 0. The van der Waals surface area contributed by atoms with Crippen LogP contribution < -0.4 is 5.63 Å². The molecule has 2 rings (SSSR count). The highest BCUT2D eigenvalue weighted by Gasteiger charge is 2.16. The smallest absolute Gasteiger partial charge is 0.339 e. The molecular formula is C16H18O2. The summed E-state index contributed by atoms with van der Waals surface area (Å²) in [7, 11) is 0. The fourth-order valence-electron chi connectivity index (χ4n) is 2.45. The Bertz CT molecular complexity index is 718. The molecule has 94 valence electrons. The molecule has 2 heteroatoms. The third-order valence-corrected chi connectivity index (χ3v) is 4.01. The zero-order valence-corrected chi connectivity index (χ0v) is 11.6. The molecule has 0 aliphatic carbocycles. The van der Waals surface area contributed by atoms with Gasteiger partial charge in [-0.25, -0.2) is 4.79 Å². The maximum Gasteiger partial charge on any atom is 0.339 e. The largest absolute Gasteiger partial charge is 0.422 e. The minimum atomic E-state index is -0.275. The summed E-state index contributed by atoms with van der Waals surface area (Å²) in [5.74, 6) is 0. The van der Waals surface area contributed by atoms with Crippen molar-refractivity contribution >= 4 is 17.0 Å². The van der Waals surface area contributed by atoms with Crippen LogP contribution in [0.2, 0.25) is 0 Å². The van der Waals surface area contributed by atoms with Gasteiger partial charge in [0.25, 0.3) is 0 Å². The normalized spacial score (nSPS) is 10.9. The van der Waals surface area contributed by atoms with E-state index in [1.165, 1.54) is 11.1 Å². The highest BCUT2D eigenvalue weighted by Crippen LogP contribution is 2.31. The highest BCUT2D eigenvalue weighted by atomic mass is 16.4. The van der Waals surface area contributed by atoms with Crippen LogP contribution in [0, 0.1) is 34.6 Å². The van der Waals surface area contributed by atoms with Crippen molar-refractivity contribution in [1.29, 1.82) is 0 Å². The van der Waals surface area contributed by atoms with Gasteiger partial charge in [0, 0.05) is 10.9 Å². The summed E-state index contributed by atoms with van der Waals surface area (Å²) < 4.78 is 5.48. The molecule has 1 aromatic carbocycles. The van der Waals surface area contributed by atoms with E-state index in [-0.39, 0.29) is 5.63 Å². The predicted octanol–water partition coefficient (Wildman–Crippen LogP) is 3.98. The quantitative estimate of drug-likeness (QED) is 0.708. The second-order valence-corrected chi connectivity index (χ2v) is 4.84. The van der Waals surface area contributed by atoms with E-state index in [1.807, 2.05) is 6.92 Å². The van der Waals surface area contributed by atoms with E-state index in [9.17, 15) is 4.79 Å². The molecule has 0 aliphatic heterocycles. The van der Waals surface area contributed by atoms with E-state index in [2.05, 4.69) is 27.4 Å². The molecule has 18 heavy (non-hydrogen) atoms. The first kappa shape index (κ1) is 12.6. The van der Waals surface area contributed by atoms with Gasteiger partial charge in [-0.05, 0) is 62.4 Å². The lowest BCUT2D eigenvalue weighted by molar-refractivity contribution is 0.552. The number of aryl methyl sites for hydroxylation is 2. The van der Waals surface area contributed by atoms with Gasteiger partial charge in [0.1, 0.15) is 5.58 Å². The minimum Gasteiger partial charge on any atom is -0.422 e. The van der Waals surface area contributed by atoms with Gasteiger partial charge < -0.3 is 4.42 Å². The molecule has 0 atom stereocenters. The van der Waals surface area contributed by atoms with Crippen LogP contribution in [0.3, 0.4) is 0 Å². The maximum absolute atomic E-state index is 11.9. The molecule has 0 saturated heterocycles. The van der Waals surface area contributed by atoms with E-state index in [0.717, 1.165) is 22.1 Å². The summed E-state index contributed by atoms with van der Waals surface area (Å²) in [4.78, 5) is 11.9. The standard InChI is InChI=1S/C16H18O2/c1-7-13-12(6)16(17)18-15-11(5)9(3)8(2)10(4)14(13)15/h7H,1H2,2-6H3. The average molecular weight is 242 g/mol. The predicted molar refractivity (Wildman–Crippen MR) is 76.3 cm³/mol. The Hall–Kier alpha value is -1.83. The van der Waals surface area contributed by atoms with E-state index in [1.54, 1.807) is 13.0 Å². The minimum absolute atomic E-state index is 0.275. The lowest BCUT2D eigenvalue weighted by atomic mass is 9.92. The van der Waals surface area contributed by atoms with Crippen LogP contribution >= 0.6 is 0 Å². The summed E-state index contributed by atoms with van der Waals surface area (Å²) in [6.07, 6.45) is 1.75. The van der Waals surface area contributed by atoms with Crippen molar-refractivity contribution in [2.45, 2.75) is 34.6 Å². The molecule has 2 aromatic rings. The Morgan fingerprint density at radius 2 is 1.44 bits per heavy atom. The maximum atomic E-state index is 11.9. The lowest BCUT2D eigenvalue weighted by Gasteiger charge is -2.15. The molecule has 0 spiro atoms. The van der Waals surface area contributed by atoms with Gasteiger partial charge in [0.05, 0.1) is 0 Å². The monoisotopic (exact) mass is 242 g/mol. The van der Waals surface area contributed by atoms with Crippen LogP contribution in [0.15, 0.2) is 15.8 Å². The van der Waals surface area contributed by atoms with Crippen molar-refractivity contribution in [2.75, 3.05) is 0 Å². The van der Waals surface area contributed by atoms with Crippen molar-refractivity contribution in [3.05, 3.63) is 50.4 Å². The number of fused-ring (bicyclic) bond motifs is 1. The molecule has 0 amide bonds. The summed E-state index contributed by atoms with van der Waals surface area (Å²) in [6.45, 7) is 13.8. The van der Waals surface area contributed by atoms with Crippen molar-refractivity contribution < 1.29 is 4.42 Å². The summed E-state index contributed by atoms with van der Waals surface area (Å²) in [5.41, 5.74) is 6.57. The van der Waals surface area contributed by atoms with Crippen LogP contribution in [0.25, 0.3) is 17.0 Å². The molecule has 0 aliphatic rings. The first-order valence-corrected chi connectivity index (χ1v) is 6.06. The van der Waals surface area contributed by atoms with Gasteiger partial charge in [-0.1, -0.05) is 12.7 Å². The fraction of sp³-hybridized carbons (Fsp3) is 0.312. The molecule has 0 unspecified atom stereocenters. The number of rotatable bonds is 1. The van der Waals surface area contributed by atoms with E-state index in [4.69, 9.17) is 4.42 Å². The van der Waals surface area contributed by atoms with Crippen LogP contribution in [-0.4, -0.2) is 0 Å². The summed E-state index contributed by atoms with van der Waals surface area (Å²) in [6, 6.07) is 0. The van der Waals surface area contributed by atoms with Crippen LogP contribution in [0.1, 0.15) is 33.4 Å². The van der Waals surface area contributed by atoms with Crippen LogP contribution in [0.4, 0.5) is 0 Å². The van der Waals surface area contributed by atoms with Gasteiger partial charge >= 0.3 is 5.63 Å². The average Bonchev–Trinajstić information content (AvgIpc) is 2.36. The second kappa shape index (κ2) is 4.13. The molecular weight excluding hydrogens is 224 g/mol. The number of hydrogen-bond acceptors (Lipinski definition) is 2. The Kier molecular flexibility index (Phi) is 2.89. The SMILES string of the molecule is C=Cc1c(C)c(=O)oc2c(C)c(C)c(C)c(C)c12. The second-order valence-electron chi connectivity index (χ2n) is 4.84. The Balaban J connectivity index is 3.21. The Morgan fingerprint density at radius 3 is 2.00 bits per heavy atom. The van der Waals surface area contributed by atoms with Crippen LogP contribution in [0.5, 0.6) is 0 Å². The Morgan fingerprint density at radius 1 is 0.889 bits per heavy atom. The molecule has 1 heterocycles. The Labute approximate surface area is 107 Å². The van der Waals surface area contributed by atoms with Gasteiger partial charge in [-0.2, -0.15) is 0 Å². The van der Waals surface area contributed by atoms with E-state index < -0.39 is 0 Å². The lowest BCUT2D eigenvalue weighted by Crippen LogP contribution is -2.08. The molecule has 2 nitrogen and oxygen atoms in total. The first-order chi connectivity index (χ1) is 8.40. The van der Waals surface area contributed by atoms with E-state index in [0.29, 0.717) is 11.1 Å². The van der Waals surface area contributed by atoms with Crippen molar-refractivity contribution in [2.24, 2.45) is 0 Å². The van der Waals surface area contributed by atoms with Gasteiger partial charge in [0.15, 0.2) is 0 Å². The first-order valence-electron chi connectivity index (χ1n) is 6.06. The van der Waals surface area contributed by atoms with Crippen LogP contribution in [-0.2, 0) is 0 Å². The topological polar surface area (TPSA) is 30.2 Å². The highest BCUT2D eigenvalue weighted by molar-refractivity contribution is 5.93. The van der Waals surface area contributed by atoms with Crippen molar-refractivity contribution in [1.82, 2.24) is 0 Å². The zero-order chi connectivity index (χ0) is 13.6. The molecule has 0 saturated carbocycles. The van der Waals surface area contributed by atoms with Gasteiger partial charge in [-0.15, -0.1) is 0 Å². The third-order valence-electron chi connectivity index (χ3n) is 4.01. The van der Waals surface area contributed by atoms with Crippen molar-refractivity contribution in [3.63, 3.8) is 0 Å². The molecule has 0 N–H and O–H groups in total. The van der Waals surface area contributed by atoms with Gasteiger partial charge in [0.2, 0.25) is 0 Å². The number of benzene rings is 1. The molecule has 0 bridgehead atoms. The van der Waals surface area contributed by atoms with E-state index >= 15 is 0 Å².